The number of amides is 1. The highest BCUT2D eigenvalue weighted by Gasteiger charge is 2.24. The first kappa shape index (κ1) is 21.1. The number of morpholine rings is 1. The van der Waals surface area contributed by atoms with E-state index in [9.17, 15) is 4.79 Å². The summed E-state index contributed by atoms with van der Waals surface area (Å²) in [5.41, 5.74) is 2.92. The van der Waals surface area contributed by atoms with Gasteiger partial charge in [-0.15, -0.1) is 0 Å². The van der Waals surface area contributed by atoms with Crippen molar-refractivity contribution >= 4 is 5.91 Å². The molecule has 1 saturated heterocycles. The number of nitrogens with one attached hydrogen (secondary N) is 1. The molecule has 1 aromatic carbocycles. The summed E-state index contributed by atoms with van der Waals surface area (Å²) < 4.78 is 16.3. The van der Waals surface area contributed by atoms with E-state index in [4.69, 9.17) is 14.2 Å². The summed E-state index contributed by atoms with van der Waals surface area (Å²) in [5.74, 6) is 1.35. The molecule has 2 heterocycles. The molecule has 0 aliphatic carbocycles. The number of ether oxygens (including phenoxy) is 3. The Kier molecular flexibility index (Phi) is 7.43. The molecule has 7 heteroatoms. The Morgan fingerprint density at radius 1 is 1.17 bits per heavy atom. The summed E-state index contributed by atoms with van der Waals surface area (Å²) in [5, 5.41) is 3.09. The van der Waals surface area contributed by atoms with Gasteiger partial charge >= 0.3 is 0 Å². The number of hydrogen-bond donors (Lipinski definition) is 1. The molecule has 1 aliphatic rings. The lowest BCUT2D eigenvalue weighted by atomic mass is 10.0. The van der Waals surface area contributed by atoms with E-state index in [1.165, 1.54) is 0 Å². The average molecular weight is 399 g/mol. The van der Waals surface area contributed by atoms with Crippen molar-refractivity contribution < 1.29 is 19.0 Å². The first-order chi connectivity index (χ1) is 14.1. The van der Waals surface area contributed by atoms with Crippen LogP contribution in [0.3, 0.4) is 0 Å². The number of rotatable bonds is 8. The van der Waals surface area contributed by atoms with E-state index >= 15 is 0 Å². The van der Waals surface area contributed by atoms with E-state index in [2.05, 4.69) is 15.2 Å². The fourth-order valence-electron chi connectivity index (χ4n) is 3.47. The number of methoxy groups -OCH3 is 2. The minimum absolute atomic E-state index is 0.0191. The molecular formula is C22H29N3O4. The maximum absolute atomic E-state index is 12.5. The number of aryl methyl sites for hydroxylation is 1. The second-order valence-corrected chi connectivity index (χ2v) is 7.07. The highest BCUT2D eigenvalue weighted by atomic mass is 16.5. The summed E-state index contributed by atoms with van der Waals surface area (Å²) in [7, 11) is 3.25. The largest absolute Gasteiger partial charge is 0.493 e. The standard InChI is InChI=1S/C22H29N3O4/c1-16-4-5-17(14-23-16)12-22(26)24-15-19(25-8-10-29-11-9-25)18-6-7-20(27-2)21(13-18)28-3/h4-7,13-14,19H,8-12,15H2,1-3H3,(H,24,26). The first-order valence-corrected chi connectivity index (χ1v) is 9.82. The highest BCUT2D eigenvalue weighted by Crippen LogP contribution is 2.32. The van der Waals surface area contributed by atoms with Crippen LogP contribution in [0.4, 0.5) is 0 Å². The molecule has 156 valence electrons. The van der Waals surface area contributed by atoms with Crippen LogP contribution in [-0.2, 0) is 16.0 Å². The van der Waals surface area contributed by atoms with Gasteiger partial charge in [0.25, 0.3) is 0 Å². The Hall–Kier alpha value is -2.64. The molecule has 7 nitrogen and oxygen atoms in total. The molecule has 1 aromatic heterocycles. The number of benzene rings is 1. The number of pyridine rings is 1. The van der Waals surface area contributed by atoms with E-state index in [1.807, 2.05) is 37.3 Å². The van der Waals surface area contributed by atoms with Crippen LogP contribution in [0, 0.1) is 6.92 Å². The van der Waals surface area contributed by atoms with Gasteiger partial charge in [-0.2, -0.15) is 0 Å². The normalized spacial score (nSPS) is 15.6. The fraction of sp³-hybridized carbons (Fsp3) is 0.455. The lowest BCUT2D eigenvalue weighted by Crippen LogP contribution is -2.44. The Balaban J connectivity index is 1.71. The summed E-state index contributed by atoms with van der Waals surface area (Å²) in [4.78, 5) is 19.1. The third kappa shape index (κ3) is 5.68. The highest BCUT2D eigenvalue weighted by molar-refractivity contribution is 5.78. The molecule has 3 rings (SSSR count). The molecule has 1 aliphatic heterocycles. The first-order valence-electron chi connectivity index (χ1n) is 9.82. The van der Waals surface area contributed by atoms with E-state index in [-0.39, 0.29) is 11.9 Å². The zero-order valence-electron chi connectivity index (χ0n) is 17.3. The van der Waals surface area contributed by atoms with Gasteiger partial charge in [0.1, 0.15) is 0 Å². The molecule has 0 spiro atoms. The van der Waals surface area contributed by atoms with Crippen LogP contribution in [0.25, 0.3) is 0 Å². The van der Waals surface area contributed by atoms with Gasteiger partial charge in [-0.05, 0) is 36.2 Å². The summed E-state index contributed by atoms with van der Waals surface area (Å²) in [6, 6.07) is 9.80. The van der Waals surface area contributed by atoms with Gasteiger partial charge in [-0.1, -0.05) is 12.1 Å². The van der Waals surface area contributed by atoms with Crippen molar-refractivity contribution in [3.63, 3.8) is 0 Å². The van der Waals surface area contributed by atoms with Crippen LogP contribution in [0.15, 0.2) is 36.5 Å². The maximum Gasteiger partial charge on any atom is 0.224 e. The van der Waals surface area contributed by atoms with Crippen LogP contribution < -0.4 is 14.8 Å². The van der Waals surface area contributed by atoms with Gasteiger partial charge in [0.15, 0.2) is 11.5 Å². The molecular weight excluding hydrogens is 370 g/mol. The summed E-state index contributed by atoms with van der Waals surface area (Å²) in [6.45, 7) is 5.45. The Labute approximate surface area is 172 Å². The van der Waals surface area contributed by atoms with Crippen molar-refractivity contribution in [2.24, 2.45) is 0 Å². The summed E-state index contributed by atoms with van der Waals surface area (Å²) in [6.07, 6.45) is 2.07. The molecule has 2 aromatic rings. The van der Waals surface area contributed by atoms with Crippen LogP contribution in [0.2, 0.25) is 0 Å². The zero-order valence-corrected chi connectivity index (χ0v) is 17.3. The zero-order chi connectivity index (χ0) is 20.6. The molecule has 1 atom stereocenters. The molecule has 29 heavy (non-hydrogen) atoms. The second-order valence-electron chi connectivity index (χ2n) is 7.07. The lowest BCUT2D eigenvalue weighted by Gasteiger charge is -2.35. The minimum atomic E-state index is -0.0191. The molecule has 1 amide bonds. The van der Waals surface area contributed by atoms with E-state index in [0.29, 0.717) is 37.7 Å². The van der Waals surface area contributed by atoms with Crippen LogP contribution in [0.1, 0.15) is 22.9 Å². The molecule has 0 bridgehead atoms. The maximum atomic E-state index is 12.5. The number of nitrogens with zero attached hydrogens (tertiary/aromatic N) is 2. The molecule has 0 radical (unpaired) electrons. The second kappa shape index (κ2) is 10.2. The monoisotopic (exact) mass is 399 g/mol. The molecule has 1 N–H and O–H groups in total. The third-order valence-corrected chi connectivity index (χ3v) is 5.11. The quantitative estimate of drug-likeness (QED) is 0.733. The number of carbonyl (C=O) groups is 1. The summed E-state index contributed by atoms with van der Waals surface area (Å²) >= 11 is 0. The van der Waals surface area contributed by atoms with Gasteiger partial charge in [0.05, 0.1) is 39.9 Å². The van der Waals surface area contributed by atoms with Gasteiger partial charge < -0.3 is 19.5 Å². The van der Waals surface area contributed by atoms with Gasteiger partial charge in [0.2, 0.25) is 5.91 Å². The van der Waals surface area contributed by atoms with Gasteiger partial charge in [-0.3, -0.25) is 14.7 Å². The van der Waals surface area contributed by atoms with E-state index in [0.717, 1.165) is 29.9 Å². The predicted octanol–water partition coefficient (Wildman–Crippen LogP) is 2.14. The number of carbonyl (C=O) groups excluding carboxylic acids is 1. The molecule has 1 fully saturated rings. The SMILES string of the molecule is COc1ccc(C(CNC(=O)Cc2ccc(C)nc2)N2CCOCC2)cc1OC. The Bertz CT molecular complexity index is 804. The minimum Gasteiger partial charge on any atom is -0.493 e. The van der Waals surface area contributed by atoms with E-state index < -0.39 is 0 Å². The van der Waals surface area contributed by atoms with Crippen molar-refractivity contribution in [1.82, 2.24) is 15.2 Å². The average Bonchev–Trinajstić information content (AvgIpc) is 2.76. The van der Waals surface area contributed by atoms with Crippen molar-refractivity contribution in [2.45, 2.75) is 19.4 Å². The smallest absolute Gasteiger partial charge is 0.224 e. The van der Waals surface area contributed by atoms with Gasteiger partial charge in [0, 0.05) is 31.5 Å². The number of aromatic nitrogens is 1. The number of hydrogen-bond acceptors (Lipinski definition) is 6. The van der Waals surface area contributed by atoms with Crippen LogP contribution in [-0.4, -0.2) is 62.9 Å². The van der Waals surface area contributed by atoms with Gasteiger partial charge in [-0.25, -0.2) is 0 Å². The van der Waals surface area contributed by atoms with Crippen LogP contribution >= 0.6 is 0 Å². The Morgan fingerprint density at radius 3 is 2.59 bits per heavy atom. The van der Waals surface area contributed by atoms with E-state index in [1.54, 1.807) is 20.4 Å². The van der Waals surface area contributed by atoms with Crippen molar-refractivity contribution in [3.05, 3.63) is 53.3 Å². The topological polar surface area (TPSA) is 72.9 Å². The lowest BCUT2D eigenvalue weighted by molar-refractivity contribution is -0.120. The molecule has 1 unspecified atom stereocenters. The predicted molar refractivity (Wildman–Crippen MR) is 110 cm³/mol. The molecule has 0 saturated carbocycles. The van der Waals surface area contributed by atoms with Crippen molar-refractivity contribution in [2.75, 3.05) is 47.1 Å². The van der Waals surface area contributed by atoms with Crippen LogP contribution in [0.5, 0.6) is 11.5 Å². The van der Waals surface area contributed by atoms with Crippen molar-refractivity contribution in [3.8, 4) is 11.5 Å². The fourth-order valence-corrected chi connectivity index (χ4v) is 3.47. The third-order valence-electron chi connectivity index (χ3n) is 5.11. The van der Waals surface area contributed by atoms with Crippen molar-refractivity contribution in [1.29, 1.82) is 0 Å². The Morgan fingerprint density at radius 2 is 1.93 bits per heavy atom.